The molecule has 0 N–H and O–H groups in total. The molecule has 2 rings (SSSR count). The van der Waals surface area contributed by atoms with Crippen LogP contribution in [0.1, 0.15) is 45.4 Å². The maximum atomic E-state index is 13.5. The van der Waals surface area contributed by atoms with Gasteiger partial charge in [-0.05, 0) is 24.6 Å². The molecule has 2 aromatic rings. The van der Waals surface area contributed by atoms with Gasteiger partial charge in [0.2, 0.25) is 0 Å². The molecule has 1 heterocycles. The van der Waals surface area contributed by atoms with Crippen molar-refractivity contribution in [2.24, 2.45) is 0 Å². The summed E-state index contributed by atoms with van der Waals surface area (Å²) in [5.41, 5.74) is 1.02. The Labute approximate surface area is 109 Å². The highest BCUT2D eigenvalue weighted by Gasteiger charge is 2.04. The van der Waals surface area contributed by atoms with Gasteiger partial charge in [0.25, 0.3) is 0 Å². The molecule has 0 aliphatic carbocycles. The Morgan fingerprint density at radius 3 is 2.61 bits per heavy atom. The number of halogens is 1. The Morgan fingerprint density at radius 1 is 1.00 bits per heavy atom. The largest absolute Gasteiger partial charge is 0.347 e. The molecule has 0 saturated heterocycles. The number of aryl methyl sites for hydroxylation is 1. The quantitative estimate of drug-likeness (QED) is 0.597. The molecule has 98 valence electrons. The summed E-state index contributed by atoms with van der Waals surface area (Å²) in [6, 6.07) is 7.18. The van der Waals surface area contributed by atoms with Crippen molar-refractivity contribution in [1.29, 1.82) is 0 Å². The predicted molar refractivity (Wildman–Crippen MR) is 75.3 cm³/mol. The molecule has 0 spiro atoms. The average molecular weight is 247 g/mol. The summed E-state index contributed by atoms with van der Waals surface area (Å²) in [7, 11) is 0. The van der Waals surface area contributed by atoms with Crippen LogP contribution in [0.3, 0.4) is 0 Å². The Morgan fingerprint density at radius 2 is 1.78 bits per heavy atom. The molecule has 1 nitrogen and oxygen atoms in total. The maximum Gasteiger partial charge on any atom is 0.132 e. The summed E-state index contributed by atoms with van der Waals surface area (Å²) >= 11 is 0. The number of rotatable bonds is 7. The lowest BCUT2D eigenvalue weighted by Gasteiger charge is -2.05. The molecule has 2 heteroatoms. The molecule has 0 unspecified atom stereocenters. The fraction of sp³-hybridized carbons (Fsp3) is 0.500. The summed E-state index contributed by atoms with van der Waals surface area (Å²) in [5, 5.41) is 0.739. The second-order valence-corrected chi connectivity index (χ2v) is 4.95. The van der Waals surface area contributed by atoms with Gasteiger partial charge in [-0.3, -0.25) is 0 Å². The van der Waals surface area contributed by atoms with E-state index in [0.717, 1.165) is 17.4 Å². The number of aromatic nitrogens is 1. The highest BCUT2D eigenvalue weighted by molar-refractivity contribution is 5.80. The Kier molecular flexibility index (Phi) is 4.80. The number of benzene rings is 1. The van der Waals surface area contributed by atoms with Crippen molar-refractivity contribution in [2.75, 3.05) is 0 Å². The first kappa shape index (κ1) is 13.1. The van der Waals surface area contributed by atoms with Crippen LogP contribution in [0, 0.1) is 5.82 Å². The van der Waals surface area contributed by atoms with Crippen molar-refractivity contribution < 1.29 is 4.39 Å². The summed E-state index contributed by atoms with van der Waals surface area (Å²) in [6.07, 6.45) is 9.76. The Hall–Kier alpha value is -1.31. The molecule has 0 bridgehead atoms. The fourth-order valence-electron chi connectivity index (χ4n) is 2.44. The molecular formula is C16H22FN. The topological polar surface area (TPSA) is 4.93 Å². The van der Waals surface area contributed by atoms with Crippen LogP contribution in [-0.4, -0.2) is 4.57 Å². The lowest BCUT2D eigenvalue weighted by Crippen LogP contribution is -1.96. The van der Waals surface area contributed by atoms with E-state index in [1.54, 1.807) is 6.07 Å². The third kappa shape index (κ3) is 3.12. The molecule has 0 aliphatic heterocycles. The van der Waals surface area contributed by atoms with Gasteiger partial charge in [0.1, 0.15) is 5.82 Å². The molecule has 0 saturated carbocycles. The fourth-order valence-corrected chi connectivity index (χ4v) is 2.44. The van der Waals surface area contributed by atoms with Crippen molar-refractivity contribution in [2.45, 2.75) is 52.0 Å². The molecule has 1 aromatic carbocycles. The molecule has 0 aliphatic rings. The minimum atomic E-state index is -0.116. The van der Waals surface area contributed by atoms with E-state index in [4.69, 9.17) is 0 Å². The predicted octanol–water partition coefficient (Wildman–Crippen LogP) is 5.14. The standard InChI is InChI=1S/C16H22FN/c1-2-3-4-5-6-7-12-18-13-11-14-15(17)9-8-10-16(14)18/h8-11,13H,2-7,12H2,1H3. The van der Waals surface area contributed by atoms with Crippen molar-refractivity contribution in [3.8, 4) is 0 Å². The summed E-state index contributed by atoms with van der Waals surface area (Å²) in [6.45, 7) is 3.24. The first-order valence-electron chi connectivity index (χ1n) is 7.06. The highest BCUT2D eigenvalue weighted by Crippen LogP contribution is 2.19. The molecule has 1 aromatic heterocycles. The van der Waals surface area contributed by atoms with Gasteiger partial charge in [0.05, 0.1) is 5.52 Å². The third-order valence-electron chi connectivity index (χ3n) is 3.51. The van der Waals surface area contributed by atoms with E-state index in [-0.39, 0.29) is 5.82 Å². The van der Waals surface area contributed by atoms with Crippen LogP contribution < -0.4 is 0 Å². The highest BCUT2D eigenvalue weighted by atomic mass is 19.1. The monoisotopic (exact) mass is 247 g/mol. The first-order chi connectivity index (χ1) is 8.83. The Balaban J connectivity index is 1.86. The summed E-state index contributed by atoms with van der Waals surface area (Å²) in [4.78, 5) is 0. The second-order valence-electron chi connectivity index (χ2n) is 4.95. The van der Waals surface area contributed by atoms with E-state index in [2.05, 4.69) is 11.5 Å². The smallest absolute Gasteiger partial charge is 0.132 e. The number of hydrogen-bond donors (Lipinski definition) is 0. The van der Waals surface area contributed by atoms with E-state index in [0.29, 0.717) is 0 Å². The van der Waals surface area contributed by atoms with Gasteiger partial charge in [0, 0.05) is 18.1 Å². The lowest BCUT2D eigenvalue weighted by atomic mass is 10.1. The van der Waals surface area contributed by atoms with Crippen molar-refractivity contribution >= 4 is 10.9 Å². The van der Waals surface area contributed by atoms with Gasteiger partial charge in [-0.15, -0.1) is 0 Å². The molecule has 0 radical (unpaired) electrons. The van der Waals surface area contributed by atoms with Gasteiger partial charge >= 0.3 is 0 Å². The van der Waals surface area contributed by atoms with E-state index >= 15 is 0 Å². The molecule has 18 heavy (non-hydrogen) atoms. The average Bonchev–Trinajstić information content (AvgIpc) is 2.79. The van der Waals surface area contributed by atoms with Gasteiger partial charge < -0.3 is 4.57 Å². The van der Waals surface area contributed by atoms with Crippen LogP contribution in [0.4, 0.5) is 4.39 Å². The van der Waals surface area contributed by atoms with Crippen LogP contribution in [0.15, 0.2) is 30.5 Å². The number of fused-ring (bicyclic) bond motifs is 1. The van der Waals surface area contributed by atoms with Gasteiger partial charge in [-0.25, -0.2) is 4.39 Å². The van der Waals surface area contributed by atoms with Crippen LogP contribution in [0.2, 0.25) is 0 Å². The van der Waals surface area contributed by atoms with Gasteiger partial charge in [0.15, 0.2) is 0 Å². The van der Waals surface area contributed by atoms with Gasteiger partial charge in [-0.1, -0.05) is 45.1 Å². The normalized spacial score (nSPS) is 11.2. The van der Waals surface area contributed by atoms with E-state index in [1.807, 2.05) is 18.3 Å². The second kappa shape index (κ2) is 6.58. The van der Waals surface area contributed by atoms with Crippen LogP contribution in [-0.2, 0) is 6.54 Å². The van der Waals surface area contributed by atoms with Gasteiger partial charge in [-0.2, -0.15) is 0 Å². The van der Waals surface area contributed by atoms with Crippen molar-refractivity contribution in [3.05, 3.63) is 36.3 Å². The van der Waals surface area contributed by atoms with Crippen LogP contribution in [0.25, 0.3) is 10.9 Å². The Bertz CT molecular complexity index is 487. The SMILES string of the molecule is CCCCCCCCn1ccc2c(F)cccc21. The van der Waals surface area contributed by atoms with Crippen LogP contribution in [0.5, 0.6) is 0 Å². The zero-order valence-corrected chi connectivity index (χ0v) is 11.2. The number of unbranched alkanes of at least 4 members (excludes halogenated alkanes) is 5. The molecule has 0 fully saturated rings. The van der Waals surface area contributed by atoms with Crippen LogP contribution >= 0.6 is 0 Å². The van der Waals surface area contributed by atoms with Crippen molar-refractivity contribution in [3.63, 3.8) is 0 Å². The third-order valence-corrected chi connectivity index (χ3v) is 3.51. The minimum Gasteiger partial charge on any atom is -0.347 e. The lowest BCUT2D eigenvalue weighted by molar-refractivity contribution is 0.565. The zero-order chi connectivity index (χ0) is 12.8. The van der Waals surface area contributed by atoms with Crippen molar-refractivity contribution in [1.82, 2.24) is 4.57 Å². The number of hydrogen-bond acceptors (Lipinski definition) is 0. The maximum absolute atomic E-state index is 13.5. The summed E-state index contributed by atoms with van der Waals surface area (Å²) < 4.78 is 15.7. The molecule has 0 atom stereocenters. The van der Waals surface area contributed by atoms with E-state index < -0.39 is 0 Å². The first-order valence-corrected chi connectivity index (χ1v) is 7.06. The minimum absolute atomic E-state index is 0.116. The zero-order valence-electron chi connectivity index (χ0n) is 11.2. The van der Waals surface area contributed by atoms with E-state index in [1.165, 1.54) is 44.6 Å². The molecular weight excluding hydrogens is 225 g/mol. The number of nitrogens with zero attached hydrogens (tertiary/aromatic N) is 1. The summed E-state index contributed by atoms with van der Waals surface area (Å²) in [5.74, 6) is -0.116. The van der Waals surface area contributed by atoms with E-state index in [9.17, 15) is 4.39 Å². The molecule has 0 amide bonds.